The van der Waals surface area contributed by atoms with Gasteiger partial charge in [0, 0.05) is 25.6 Å². The van der Waals surface area contributed by atoms with Gasteiger partial charge in [0.25, 0.3) is 0 Å². The maximum Gasteiger partial charge on any atom is 0.416 e. The minimum absolute atomic E-state index is 0.0149. The Morgan fingerprint density at radius 3 is 2.42 bits per heavy atom. The van der Waals surface area contributed by atoms with Crippen molar-refractivity contribution in [3.63, 3.8) is 0 Å². The van der Waals surface area contributed by atoms with Crippen LogP contribution in [0.3, 0.4) is 0 Å². The first kappa shape index (κ1) is 18.7. The average molecular weight is 368 g/mol. The molecule has 0 bridgehead atoms. The van der Waals surface area contributed by atoms with Crippen LogP contribution in [0.5, 0.6) is 0 Å². The van der Waals surface area contributed by atoms with Crippen LogP contribution in [0.1, 0.15) is 49.7 Å². The number of hydrogen-bond donors (Lipinski definition) is 0. The Bertz CT molecular complexity index is 654. The highest BCUT2D eigenvalue weighted by molar-refractivity contribution is 5.85. The molecule has 2 amide bonds. The van der Waals surface area contributed by atoms with Crippen LogP contribution < -0.4 is 0 Å². The Morgan fingerprint density at radius 1 is 1.12 bits per heavy atom. The van der Waals surface area contributed by atoms with E-state index in [1.54, 1.807) is 9.80 Å². The molecule has 1 aliphatic carbocycles. The second-order valence-electron chi connectivity index (χ2n) is 7.07. The van der Waals surface area contributed by atoms with Crippen LogP contribution in [-0.2, 0) is 22.3 Å². The van der Waals surface area contributed by atoms with Crippen LogP contribution in [0.25, 0.3) is 0 Å². The second-order valence-corrected chi connectivity index (χ2v) is 7.07. The van der Waals surface area contributed by atoms with Gasteiger partial charge in [0.05, 0.1) is 12.1 Å². The highest BCUT2D eigenvalue weighted by atomic mass is 19.4. The first-order valence-corrected chi connectivity index (χ1v) is 9.08. The number of alkyl halides is 3. The smallest absolute Gasteiger partial charge is 0.334 e. The van der Waals surface area contributed by atoms with Gasteiger partial charge in [0.1, 0.15) is 0 Å². The van der Waals surface area contributed by atoms with Gasteiger partial charge in [-0.3, -0.25) is 9.59 Å². The minimum Gasteiger partial charge on any atom is -0.334 e. The summed E-state index contributed by atoms with van der Waals surface area (Å²) in [6.07, 6.45) is 0.686. The third-order valence-corrected chi connectivity index (χ3v) is 4.94. The fourth-order valence-corrected chi connectivity index (χ4v) is 3.26. The molecule has 0 N–H and O–H groups in total. The lowest BCUT2D eigenvalue weighted by Gasteiger charge is -2.27. The number of hydrogen-bond acceptors (Lipinski definition) is 2. The molecule has 2 aliphatic rings. The van der Waals surface area contributed by atoms with E-state index >= 15 is 0 Å². The summed E-state index contributed by atoms with van der Waals surface area (Å²) in [7, 11) is 0. The van der Waals surface area contributed by atoms with E-state index in [0.717, 1.165) is 44.2 Å². The van der Waals surface area contributed by atoms with E-state index in [9.17, 15) is 22.8 Å². The van der Waals surface area contributed by atoms with Crippen molar-refractivity contribution in [1.29, 1.82) is 0 Å². The van der Waals surface area contributed by atoms with Crippen molar-refractivity contribution in [2.75, 3.05) is 13.1 Å². The lowest BCUT2D eigenvalue weighted by atomic mass is 10.1. The van der Waals surface area contributed by atoms with Crippen LogP contribution in [-0.4, -0.2) is 40.7 Å². The molecule has 1 aromatic carbocycles. The van der Waals surface area contributed by atoms with Gasteiger partial charge in [-0.2, -0.15) is 13.2 Å². The van der Waals surface area contributed by atoms with E-state index in [0.29, 0.717) is 18.5 Å². The van der Waals surface area contributed by atoms with E-state index in [2.05, 4.69) is 0 Å². The quantitative estimate of drug-likeness (QED) is 0.797. The maximum absolute atomic E-state index is 12.7. The van der Waals surface area contributed by atoms with E-state index < -0.39 is 11.7 Å². The molecule has 0 unspecified atom stereocenters. The van der Waals surface area contributed by atoms with Crippen LogP contribution in [0, 0.1) is 0 Å². The summed E-state index contributed by atoms with van der Waals surface area (Å²) in [5.41, 5.74) is -0.0267. The number of halogens is 3. The number of benzene rings is 1. The Hall–Kier alpha value is -2.05. The molecular weight excluding hydrogens is 345 g/mol. The van der Waals surface area contributed by atoms with Crippen LogP contribution in [0.4, 0.5) is 13.2 Å². The Morgan fingerprint density at radius 2 is 1.81 bits per heavy atom. The molecule has 1 aliphatic heterocycles. The molecule has 26 heavy (non-hydrogen) atoms. The van der Waals surface area contributed by atoms with Crippen molar-refractivity contribution in [2.24, 2.45) is 0 Å². The van der Waals surface area contributed by atoms with Crippen molar-refractivity contribution in [3.8, 4) is 0 Å². The fourth-order valence-electron chi connectivity index (χ4n) is 3.26. The molecule has 1 heterocycles. The molecule has 1 saturated heterocycles. The number of amides is 2. The van der Waals surface area contributed by atoms with E-state index in [4.69, 9.17) is 0 Å². The average Bonchev–Trinajstić information content (AvgIpc) is 3.42. The fraction of sp³-hybridized carbons (Fsp3) is 0.579. The molecule has 1 saturated carbocycles. The summed E-state index contributed by atoms with van der Waals surface area (Å²) < 4.78 is 38.0. The van der Waals surface area contributed by atoms with Gasteiger partial charge in [-0.15, -0.1) is 0 Å². The summed E-state index contributed by atoms with van der Waals surface area (Å²) in [6.45, 7) is 0.947. The zero-order chi connectivity index (χ0) is 18.7. The van der Waals surface area contributed by atoms with E-state index in [1.165, 1.54) is 12.1 Å². The zero-order valence-corrected chi connectivity index (χ0v) is 14.6. The topological polar surface area (TPSA) is 40.6 Å². The Balaban J connectivity index is 1.65. The number of carbonyl (C=O) groups excluding carboxylic acids is 2. The summed E-state index contributed by atoms with van der Waals surface area (Å²) in [6, 6.07) is 5.06. The largest absolute Gasteiger partial charge is 0.416 e. The molecule has 0 aromatic heterocycles. The lowest BCUT2D eigenvalue weighted by Crippen LogP contribution is -2.43. The van der Waals surface area contributed by atoms with Gasteiger partial charge in [0.2, 0.25) is 11.8 Å². The lowest BCUT2D eigenvalue weighted by molar-refractivity contribution is -0.141. The van der Waals surface area contributed by atoms with Crippen molar-refractivity contribution in [1.82, 2.24) is 9.80 Å². The molecule has 4 nitrogen and oxygen atoms in total. The van der Waals surface area contributed by atoms with E-state index in [-0.39, 0.29) is 30.9 Å². The normalized spacial score (nSPS) is 18.6. The molecule has 2 fully saturated rings. The van der Waals surface area contributed by atoms with Crippen molar-refractivity contribution < 1.29 is 22.8 Å². The molecule has 0 spiro atoms. The predicted octanol–water partition coefficient (Wildman–Crippen LogP) is 3.60. The molecule has 0 atom stereocenters. The number of rotatable bonds is 5. The molecular formula is C19H23F3N2O2. The van der Waals surface area contributed by atoms with Gasteiger partial charge in [-0.25, -0.2) is 0 Å². The van der Waals surface area contributed by atoms with Gasteiger partial charge >= 0.3 is 6.18 Å². The standard InChI is InChI=1S/C19H23F3N2O2/c20-19(21,22)15-7-5-14(6-8-15)12-24(16-9-10-16)18(26)13-23-11-3-1-2-4-17(23)25/h5-8,16H,1-4,9-13H2. The summed E-state index contributed by atoms with van der Waals surface area (Å²) >= 11 is 0. The van der Waals surface area contributed by atoms with Gasteiger partial charge < -0.3 is 9.80 Å². The number of likely N-dealkylation sites (tertiary alicyclic amines) is 1. The van der Waals surface area contributed by atoms with Gasteiger partial charge in [0.15, 0.2) is 0 Å². The SMILES string of the molecule is O=C1CCCCCN1CC(=O)N(Cc1ccc(C(F)(F)F)cc1)C1CC1. The summed E-state index contributed by atoms with van der Waals surface area (Å²) in [5, 5.41) is 0. The molecule has 1 aromatic rings. The number of nitrogens with zero attached hydrogens (tertiary/aromatic N) is 2. The highest BCUT2D eigenvalue weighted by Gasteiger charge is 2.34. The van der Waals surface area contributed by atoms with Crippen molar-refractivity contribution in [2.45, 2.75) is 57.3 Å². The first-order valence-electron chi connectivity index (χ1n) is 9.08. The first-order chi connectivity index (χ1) is 12.3. The maximum atomic E-state index is 12.7. The predicted molar refractivity (Wildman–Crippen MR) is 90.1 cm³/mol. The van der Waals surface area contributed by atoms with Crippen molar-refractivity contribution >= 4 is 11.8 Å². The monoisotopic (exact) mass is 368 g/mol. The van der Waals surface area contributed by atoms with Crippen LogP contribution in [0.2, 0.25) is 0 Å². The summed E-state index contributed by atoms with van der Waals surface area (Å²) in [5.74, 6) is -0.108. The molecule has 0 radical (unpaired) electrons. The van der Waals surface area contributed by atoms with Gasteiger partial charge in [-0.05, 0) is 43.4 Å². The van der Waals surface area contributed by atoms with E-state index in [1.807, 2.05) is 0 Å². The number of carbonyl (C=O) groups is 2. The zero-order valence-electron chi connectivity index (χ0n) is 14.6. The summed E-state index contributed by atoms with van der Waals surface area (Å²) in [4.78, 5) is 28.2. The Kier molecular flexibility index (Phi) is 5.53. The molecule has 3 rings (SSSR count). The molecule has 142 valence electrons. The minimum atomic E-state index is -4.36. The third kappa shape index (κ3) is 4.77. The van der Waals surface area contributed by atoms with Crippen LogP contribution >= 0.6 is 0 Å². The molecule has 7 heteroatoms. The highest BCUT2D eigenvalue weighted by Crippen LogP contribution is 2.31. The van der Waals surface area contributed by atoms with Gasteiger partial charge in [-0.1, -0.05) is 18.6 Å². The third-order valence-electron chi connectivity index (χ3n) is 4.94. The second kappa shape index (κ2) is 7.68. The Labute approximate surface area is 151 Å². The van der Waals surface area contributed by atoms with Crippen LogP contribution in [0.15, 0.2) is 24.3 Å². The van der Waals surface area contributed by atoms with Crippen molar-refractivity contribution in [3.05, 3.63) is 35.4 Å².